The Bertz CT molecular complexity index is 1240. The quantitative estimate of drug-likeness (QED) is 0.363. The third-order valence-electron chi connectivity index (χ3n) is 6.76. The first kappa shape index (κ1) is 24.3. The molecule has 9 nitrogen and oxygen atoms in total. The van der Waals surface area contributed by atoms with Crippen molar-refractivity contribution in [3.63, 3.8) is 0 Å². The number of amides is 2. The summed E-state index contributed by atoms with van der Waals surface area (Å²) in [6.07, 6.45) is 3.60. The summed E-state index contributed by atoms with van der Waals surface area (Å²) in [5.41, 5.74) is 8.60. The van der Waals surface area contributed by atoms with Gasteiger partial charge in [-0.15, -0.1) is 0 Å². The molecule has 1 aliphatic rings. The van der Waals surface area contributed by atoms with Gasteiger partial charge in [-0.2, -0.15) is 0 Å². The summed E-state index contributed by atoms with van der Waals surface area (Å²) in [5.74, 6) is 1.06. The number of carbonyl (C=O) groups is 1. The van der Waals surface area contributed by atoms with Crippen LogP contribution in [0.4, 0.5) is 27.7 Å². The minimum absolute atomic E-state index is 0.0989. The topological polar surface area (TPSA) is 118 Å². The second-order valence-electron chi connectivity index (χ2n) is 9.45. The number of nitrogens with two attached hydrogens (primary N) is 1. The van der Waals surface area contributed by atoms with Crippen LogP contribution in [0.2, 0.25) is 0 Å². The van der Waals surface area contributed by atoms with E-state index in [-0.39, 0.29) is 17.6 Å². The van der Waals surface area contributed by atoms with Crippen LogP contribution in [-0.2, 0) is 0 Å². The average Bonchev–Trinajstić information content (AvgIpc) is 2.83. The van der Waals surface area contributed by atoms with Crippen LogP contribution in [0.25, 0.3) is 10.9 Å². The van der Waals surface area contributed by atoms with Gasteiger partial charge < -0.3 is 16.0 Å². The van der Waals surface area contributed by atoms with Crippen LogP contribution >= 0.6 is 0 Å². The third-order valence-corrected chi connectivity index (χ3v) is 6.76. The highest BCUT2D eigenvalue weighted by atomic mass is 16.6. The zero-order valence-electron chi connectivity index (χ0n) is 20.4. The van der Waals surface area contributed by atoms with Crippen molar-refractivity contribution >= 4 is 39.8 Å². The number of primary amides is 1. The summed E-state index contributed by atoms with van der Waals surface area (Å²) < 4.78 is 0. The monoisotopic (exact) mass is 476 g/mol. The summed E-state index contributed by atoms with van der Waals surface area (Å²) >= 11 is 0. The molecule has 0 bridgehead atoms. The number of fused-ring (bicyclic) bond motifs is 1. The molecular formula is C26H32N6O3. The summed E-state index contributed by atoms with van der Waals surface area (Å²) in [5, 5.41) is 16.3. The number of carbonyl (C=O) groups excluding carboxylic acids is 1. The summed E-state index contributed by atoms with van der Waals surface area (Å²) in [6, 6.07) is 14.6. The van der Waals surface area contributed by atoms with Gasteiger partial charge in [0.25, 0.3) is 5.69 Å². The van der Waals surface area contributed by atoms with E-state index >= 15 is 0 Å². The van der Waals surface area contributed by atoms with Crippen molar-refractivity contribution in [3.05, 3.63) is 64.2 Å². The van der Waals surface area contributed by atoms with Gasteiger partial charge in [0.15, 0.2) is 0 Å². The molecule has 2 amide bonds. The van der Waals surface area contributed by atoms with Crippen molar-refractivity contribution in [1.29, 1.82) is 0 Å². The maximum absolute atomic E-state index is 12.3. The fourth-order valence-corrected chi connectivity index (χ4v) is 4.99. The number of aryl methyl sites for hydroxylation is 1. The number of nitro benzene ring substituents is 1. The fourth-order valence-electron chi connectivity index (χ4n) is 4.99. The molecule has 1 fully saturated rings. The highest BCUT2D eigenvalue weighted by molar-refractivity contribution is 5.94. The van der Waals surface area contributed by atoms with E-state index in [0.717, 1.165) is 48.1 Å². The number of para-hydroxylation sites is 2. The van der Waals surface area contributed by atoms with Gasteiger partial charge in [0.1, 0.15) is 11.5 Å². The van der Waals surface area contributed by atoms with Crippen LogP contribution in [0.3, 0.4) is 0 Å². The molecular weight excluding hydrogens is 444 g/mol. The zero-order chi connectivity index (χ0) is 25.1. The number of rotatable bonds is 7. The Morgan fingerprint density at radius 1 is 1.14 bits per heavy atom. The fraction of sp³-hybridized carbons (Fsp3) is 0.385. The molecule has 1 aliphatic carbocycles. The number of nitrogens with zero attached hydrogens (tertiary/aromatic N) is 4. The van der Waals surface area contributed by atoms with E-state index in [1.54, 1.807) is 19.1 Å². The molecule has 9 heteroatoms. The third kappa shape index (κ3) is 5.29. The molecule has 1 saturated carbocycles. The van der Waals surface area contributed by atoms with Gasteiger partial charge in [-0.1, -0.05) is 30.3 Å². The standard InChI is InChI=1S/C26H32N6O3/c1-17-7-6-10-22(32(34)35)25(17)31(26(27)33)16-18-11-13-19(14-12-18)28-24-15-23(30(2)3)20-8-4-5-9-21(20)29-24/h4-10,15,18-19H,11-14,16H2,1-3H3,(H2,27,33)(H,28,29). The van der Waals surface area contributed by atoms with Gasteiger partial charge in [0, 0.05) is 49.9 Å². The Kier molecular flexibility index (Phi) is 7.04. The maximum Gasteiger partial charge on any atom is 0.319 e. The SMILES string of the molecule is Cc1cccc([N+](=O)[O-])c1N(CC1CCC(Nc2cc(N(C)C)c3ccccc3n2)CC1)C(N)=O. The number of hydrogen-bond acceptors (Lipinski definition) is 6. The summed E-state index contributed by atoms with van der Waals surface area (Å²) in [6.45, 7) is 2.13. The zero-order valence-corrected chi connectivity index (χ0v) is 20.4. The lowest BCUT2D eigenvalue weighted by Gasteiger charge is -2.33. The van der Waals surface area contributed by atoms with Crippen LogP contribution in [0.5, 0.6) is 0 Å². The number of urea groups is 1. The van der Waals surface area contributed by atoms with Gasteiger partial charge in [-0.25, -0.2) is 9.78 Å². The van der Waals surface area contributed by atoms with Crippen LogP contribution < -0.4 is 20.9 Å². The van der Waals surface area contributed by atoms with Crippen LogP contribution in [0, 0.1) is 23.0 Å². The lowest BCUT2D eigenvalue weighted by Crippen LogP contribution is -2.41. The first-order valence-electron chi connectivity index (χ1n) is 11.9. The molecule has 0 atom stereocenters. The van der Waals surface area contributed by atoms with Crippen molar-refractivity contribution in [2.75, 3.05) is 35.8 Å². The van der Waals surface area contributed by atoms with Gasteiger partial charge in [-0.05, 0) is 50.2 Å². The van der Waals surface area contributed by atoms with Gasteiger partial charge >= 0.3 is 6.03 Å². The molecule has 35 heavy (non-hydrogen) atoms. The second kappa shape index (κ2) is 10.2. The molecule has 3 N–H and O–H groups in total. The molecule has 1 heterocycles. The molecule has 2 aromatic carbocycles. The molecule has 184 valence electrons. The van der Waals surface area contributed by atoms with Crippen molar-refractivity contribution < 1.29 is 9.72 Å². The second-order valence-corrected chi connectivity index (χ2v) is 9.45. The van der Waals surface area contributed by atoms with Gasteiger partial charge in [0.2, 0.25) is 0 Å². The van der Waals surface area contributed by atoms with Crippen LogP contribution in [-0.4, -0.2) is 42.6 Å². The number of hydrogen-bond donors (Lipinski definition) is 2. The van der Waals surface area contributed by atoms with E-state index < -0.39 is 11.0 Å². The molecule has 0 spiro atoms. The van der Waals surface area contributed by atoms with E-state index in [0.29, 0.717) is 17.8 Å². The number of aromatic nitrogens is 1. The van der Waals surface area contributed by atoms with Crippen LogP contribution in [0.1, 0.15) is 31.2 Å². The van der Waals surface area contributed by atoms with Crippen molar-refractivity contribution in [2.24, 2.45) is 11.7 Å². The largest absolute Gasteiger partial charge is 0.377 e. The number of nitro groups is 1. The highest BCUT2D eigenvalue weighted by Gasteiger charge is 2.29. The molecule has 1 aromatic heterocycles. The van der Waals surface area contributed by atoms with E-state index in [9.17, 15) is 14.9 Å². The Balaban J connectivity index is 1.45. The molecule has 0 radical (unpaired) electrons. The van der Waals surface area contributed by atoms with Crippen LogP contribution in [0.15, 0.2) is 48.5 Å². The Labute approximate surface area is 205 Å². The molecule has 4 rings (SSSR count). The molecule has 0 unspecified atom stereocenters. The summed E-state index contributed by atoms with van der Waals surface area (Å²) in [4.78, 5) is 31.7. The van der Waals surface area contributed by atoms with E-state index in [1.807, 2.05) is 32.3 Å². The molecule has 0 saturated heterocycles. The molecule has 0 aliphatic heterocycles. The van der Waals surface area contributed by atoms with Crippen molar-refractivity contribution in [3.8, 4) is 0 Å². The number of nitrogens with one attached hydrogen (secondary N) is 1. The smallest absolute Gasteiger partial charge is 0.319 e. The van der Waals surface area contributed by atoms with E-state index in [1.165, 1.54) is 11.0 Å². The Morgan fingerprint density at radius 2 is 1.86 bits per heavy atom. The number of anilines is 3. The van der Waals surface area contributed by atoms with Crippen molar-refractivity contribution in [1.82, 2.24) is 4.98 Å². The Hall–Kier alpha value is -3.88. The predicted molar refractivity (Wildman–Crippen MR) is 140 cm³/mol. The Morgan fingerprint density at radius 3 is 2.51 bits per heavy atom. The lowest BCUT2D eigenvalue weighted by atomic mass is 9.85. The highest BCUT2D eigenvalue weighted by Crippen LogP contribution is 2.35. The van der Waals surface area contributed by atoms with Crippen molar-refractivity contribution in [2.45, 2.75) is 38.6 Å². The lowest BCUT2D eigenvalue weighted by molar-refractivity contribution is -0.384. The number of benzene rings is 2. The van der Waals surface area contributed by atoms with Gasteiger partial charge in [0.05, 0.1) is 10.4 Å². The minimum atomic E-state index is -0.667. The number of pyridine rings is 1. The summed E-state index contributed by atoms with van der Waals surface area (Å²) in [7, 11) is 4.06. The van der Waals surface area contributed by atoms with Gasteiger partial charge in [-0.3, -0.25) is 15.0 Å². The predicted octanol–water partition coefficient (Wildman–Crippen LogP) is 5.07. The maximum atomic E-state index is 12.3. The average molecular weight is 477 g/mol. The minimum Gasteiger partial charge on any atom is -0.377 e. The molecule has 3 aromatic rings. The van der Waals surface area contributed by atoms with E-state index in [4.69, 9.17) is 10.7 Å². The first-order valence-corrected chi connectivity index (χ1v) is 11.9. The first-order chi connectivity index (χ1) is 16.7. The van der Waals surface area contributed by atoms with E-state index in [2.05, 4.69) is 22.3 Å². The normalized spacial score (nSPS) is 17.7.